The van der Waals surface area contributed by atoms with E-state index in [1.807, 2.05) is 0 Å². The summed E-state index contributed by atoms with van der Waals surface area (Å²) in [4.78, 5) is 30.3. The number of nitrogens with zero attached hydrogens (tertiary/aromatic N) is 1. The van der Waals surface area contributed by atoms with Gasteiger partial charge < -0.3 is 4.84 Å². The van der Waals surface area contributed by atoms with Crippen LogP contribution >= 0.6 is 0 Å². The van der Waals surface area contributed by atoms with Crippen molar-refractivity contribution in [3.8, 4) is 0 Å². The molecular formula is C22H31NO3. The van der Waals surface area contributed by atoms with E-state index in [4.69, 9.17) is 4.84 Å². The fourth-order valence-corrected chi connectivity index (χ4v) is 6.79. The molecule has 0 saturated heterocycles. The van der Waals surface area contributed by atoms with E-state index in [1.165, 1.54) is 0 Å². The summed E-state index contributed by atoms with van der Waals surface area (Å²) >= 11 is 0. The Labute approximate surface area is 156 Å². The molecule has 0 spiro atoms. The molecule has 4 aliphatic carbocycles. The summed E-state index contributed by atoms with van der Waals surface area (Å²) in [5.41, 5.74) is 1.12. The highest BCUT2D eigenvalue weighted by Crippen LogP contribution is 2.64. The molecule has 0 aliphatic heterocycles. The van der Waals surface area contributed by atoms with Gasteiger partial charge in [0.1, 0.15) is 18.2 Å². The van der Waals surface area contributed by atoms with Crippen LogP contribution in [0.4, 0.5) is 0 Å². The van der Waals surface area contributed by atoms with E-state index in [-0.39, 0.29) is 10.8 Å². The van der Waals surface area contributed by atoms with E-state index in [9.17, 15) is 9.59 Å². The fourth-order valence-electron chi connectivity index (χ4n) is 6.79. The summed E-state index contributed by atoms with van der Waals surface area (Å²) in [6.07, 6.45) is 8.72. The van der Waals surface area contributed by atoms with Crippen molar-refractivity contribution in [2.45, 2.75) is 65.2 Å². The molecular weight excluding hydrogens is 326 g/mol. The van der Waals surface area contributed by atoms with Gasteiger partial charge in [-0.15, -0.1) is 0 Å². The number of rotatable bonds is 3. The second kappa shape index (κ2) is 6.31. The van der Waals surface area contributed by atoms with Crippen molar-refractivity contribution in [3.63, 3.8) is 0 Å². The molecule has 0 radical (unpaired) electrons. The van der Waals surface area contributed by atoms with Crippen LogP contribution in [-0.2, 0) is 14.4 Å². The molecule has 4 rings (SSSR count). The van der Waals surface area contributed by atoms with Crippen LogP contribution in [-0.4, -0.2) is 23.9 Å². The second-order valence-corrected chi connectivity index (χ2v) is 9.47. The van der Waals surface area contributed by atoms with Crippen LogP contribution in [0.25, 0.3) is 0 Å². The minimum Gasteiger partial charge on any atom is -0.392 e. The van der Waals surface area contributed by atoms with Crippen LogP contribution in [0.5, 0.6) is 0 Å². The number of fused-ring (bicyclic) bond motifs is 5. The smallest absolute Gasteiger partial charge is 0.139 e. The van der Waals surface area contributed by atoms with E-state index in [0.29, 0.717) is 54.7 Å². The van der Waals surface area contributed by atoms with Crippen molar-refractivity contribution in [1.82, 2.24) is 0 Å². The number of hydrogen-bond donors (Lipinski definition) is 0. The molecule has 6 atom stereocenters. The lowest BCUT2D eigenvalue weighted by Gasteiger charge is -2.59. The van der Waals surface area contributed by atoms with Crippen LogP contribution in [0.3, 0.4) is 0 Å². The van der Waals surface area contributed by atoms with Gasteiger partial charge >= 0.3 is 0 Å². The molecule has 4 saturated carbocycles. The van der Waals surface area contributed by atoms with Gasteiger partial charge in [0.05, 0.1) is 5.71 Å². The Balaban J connectivity index is 1.73. The Morgan fingerprint density at radius 1 is 1.15 bits per heavy atom. The maximum atomic E-state index is 12.6. The molecule has 4 heteroatoms. The van der Waals surface area contributed by atoms with Crippen LogP contribution in [0.15, 0.2) is 17.8 Å². The first-order valence-electron chi connectivity index (χ1n) is 10.2. The highest BCUT2D eigenvalue weighted by Gasteiger charge is 2.62. The number of carbonyl (C=O) groups excluding carboxylic acids is 2. The second-order valence-electron chi connectivity index (χ2n) is 9.47. The lowest BCUT2D eigenvalue weighted by molar-refractivity contribution is -0.135. The highest BCUT2D eigenvalue weighted by molar-refractivity contribution is 5.93. The van der Waals surface area contributed by atoms with Gasteiger partial charge in [0, 0.05) is 30.6 Å². The van der Waals surface area contributed by atoms with Crippen LogP contribution in [0.2, 0.25) is 0 Å². The first kappa shape index (κ1) is 17.9. The van der Waals surface area contributed by atoms with Gasteiger partial charge in [-0.05, 0) is 55.3 Å². The third-order valence-corrected chi connectivity index (χ3v) is 8.39. The Kier molecular flexibility index (Phi) is 4.36. The summed E-state index contributed by atoms with van der Waals surface area (Å²) in [6.45, 7) is 8.70. The zero-order chi connectivity index (χ0) is 18.5. The summed E-state index contributed by atoms with van der Waals surface area (Å²) in [5.74, 6) is 2.45. The van der Waals surface area contributed by atoms with Gasteiger partial charge in [0.2, 0.25) is 0 Å². The Morgan fingerprint density at radius 2 is 1.96 bits per heavy atom. The third-order valence-electron chi connectivity index (χ3n) is 8.39. The van der Waals surface area contributed by atoms with Crippen LogP contribution < -0.4 is 0 Å². The van der Waals surface area contributed by atoms with Gasteiger partial charge in [-0.2, -0.15) is 0 Å². The Bertz CT molecular complexity index is 668. The number of Topliss-reactive ketones (excluding diaryl/α,β-unsaturated/α-hetero) is 2. The fraction of sp³-hybridized carbons (Fsp3) is 0.773. The van der Waals surface area contributed by atoms with Crippen molar-refractivity contribution in [2.24, 2.45) is 39.7 Å². The van der Waals surface area contributed by atoms with Crippen molar-refractivity contribution in [3.05, 3.63) is 12.7 Å². The predicted molar refractivity (Wildman–Crippen MR) is 101 cm³/mol. The van der Waals surface area contributed by atoms with Crippen LogP contribution in [0.1, 0.15) is 65.2 Å². The van der Waals surface area contributed by atoms with Gasteiger partial charge in [-0.3, -0.25) is 9.59 Å². The number of carbonyl (C=O) groups is 2. The molecule has 4 aliphatic rings. The van der Waals surface area contributed by atoms with Crippen molar-refractivity contribution < 1.29 is 14.4 Å². The lowest BCUT2D eigenvalue weighted by Crippen LogP contribution is -2.57. The average Bonchev–Trinajstić information content (AvgIpc) is 2.91. The maximum absolute atomic E-state index is 12.6. The molecule has 142 valence electrons. The number of hydrogen-bond acceptors (Lipinski definition) is 4. The SMILES string of the molecule is C=CCO/N=C1\CC2CC(=O)CC[C@]2(C)[C@H]2CC[C@]3(C)C(=O)CC[C@H]3[C@H]12. The molecule has 0 aromatic heterocycles. The molecule has 0 aromatic rings. The quantitative estimate of drug-likeness (QED) is 0.429. The maximum Gasteiger partial charge on any atom is 0.139 e. The van der Waals surface area contributed by atoms with Gasteiger partial charge in [0.15, 0.2) is 0 Å². The van der Waals surface area contributed by atoms with Crippen molar-refractivity contribution in [1.29, 1.82) is 0 Å². The van der Waals surface area contributed by atoms with E-state index in [1.54, 1.807) is 6.08 Å². The largest absolute Gasteiger partial charge is 0.392 e. The monoisotopic (exact) mass is 357 g/mol. The van der Waals surface area contributed by atoms with Gasteiger partial charge in [-0.25, -0.2) is 0 Å². The number of oxime groups is 1. The van der Waals surface area contributed by atoms with E-state index in [0.717, 1.165) is 44.2 Å². The van der Waals surface area contributed by atoms with E-state index in [2.05, 4.69) is 25.6 Å². The van der Waals surface area contributed by atoms with Gasteiger partial charge in [0.25, 0.3) is 0 Å². The molecule has 1 unspecified atom stereocenters. The molecule has 0 aromatic carbocycles. The number of ketones is 2. The Morgan fingerprint density at radius 3 is 2.73 bits per heavy atom. The first-order valence-corrected chi connectivity index (χ1v) is 10.2. The standard InChI is InChI=1S/C22H31NO3/c1-4-11-26-23-18-13-14-12-15(24)7-9-21(14,2)17-8-10-22(3)16(20(17)18)5-6-19(22)25/h4,14,16-17,20H,1,5-13H2,2-3H3/b23-18+/t14?,16-,17-,20-,21-,22-/m0/s1. The molecule has 0 N–H and O–H groups in total. The third kappa shape index (κ3) is 2.51. The lowest BCUT2D eigenvalue weighted by atomic mass is 9.45. The minimum atomic E-state index is -0.186. The summed E-state index contributed by atoms with van der Waals surface area (Å²) < 4.78 is 0. The van der Waals surface area contributed by atoms with Crippen LogP contribution in [0, 0.1) is 34.5 Å². The Hall–Kier alpha value is -1.45. The van der Waals surface area contributed by atoms with Crippen molar-refractivity contribution >= 4 is 17.3 Å². The minimum absolute atomic E-state index is 0.186. The van der Waals surface area contributed by atoms with E-state index >= 15 is 0 Å². The predicted octanol–water partition coefficient (Wildman–Crippen LogP) is 4.34. The topological polar surface area (TPSA) is 55.7 Å². The van der Waals surface area contributed by atoms with Gasteiger partial charge in [-0.1, -0.05) is 31.7 Å². The summed E-state index contributed by atoms with van der Waals surface area (Å²) in [7, 11) is 0. The summed E-state index contributed by atoms with van der Waals surface area (Å²) in [6, 6.07) is 0. The molecule has 0 heterocycles. The zero-order valence-corrected chi connectivity index (χ0v) is 16.1. The molecule has 26 heavy (non-hydrogen) atoms. The molecule has 0 bridgehead atoms. The normalized spacial score (nSPS) is 46.5. The summed E-state index contributed by atoms with van der Waals surface area (Å²) in [5, 5.41) is 4.54. The highest BCUT2D eigenvalue weighted by atomic mass is 16.6. The molecule has 4 nitrogen and oxygen atoms in total. The van der Waals surface area contributed by atoms with Crippen molar-refractivity contribution in [2.75, 3.05) is 6.61 Å². The molecule has 0 amide bonds. The zero-order valence-electron chi connectivity index (χ0n) is 16.1. The first-order chi connectivity index (χ1) is 12.4. The average molecular weight is 357 g/mol. The van der Waals surface area contributed by atoms with E-state index < -0.39 is 0 Å². The molecule has 4 fully saturated rings.